The predicted molar refractivity (Wildman–Crippen MR) is 80.5 cm³/mol. The van der Waals surface area contributed by atoms with Crippen molar-refractivity contribution in [2.24, 2.45) is 0 Å². The first-order valence-electron chi connectivity index (χ1n) is 6.61. The Labute approximate surface area is 125 Å². The second kappa shape index (κ2) is 7.89. The van der Waals surface area contributed by atoms with Gasteiger partial charge in [0.15, 0.2) is 0 Å². The number of unbranched alkanes of at least 4 members (excludes halogenated alkanes) is 1. The summed E-state index contributed by atoms with van der Waals surface area (Å²) in [5, 5.41) is -0.580. The maximum atomic E-state index is 12.9. The van der Waals surface area contributed by atoms with E-state index in [1.807, 2.05) is 5.70 Å². The van der Waals surface area contributed by atoms with Gasteiger partial charge in [0.2, 0.25) is 0 Å². The minimum Gasteiger partial charge on any atom is -0.166 e. The topological polar surface area (TPSA) is 0 Å². The van der Waals surface area contributed by atoms with Gasteiger partial charge in [-0.15, -0.1) is 23.9 Å². The Hall–Kier alpha value is -0.743. The van der Waals surface area contributed by atoms with Crippen molar-refractivity contribution < 1.29 is 13.2 Å². The molecular formula is C15H19ClF3Si. The van der Waals surface area contributed by atoms with E-state index in [9.17, 15) is 13.2 Å². The molecule has 0 aliphatic heterocycles. The number of rotatable bonds is 7. The molecule has 5 heteroatoms. The molecule has 1 radical (unpaired) electrons. The molecule has 20 heavy (non-hydrogen) atoms. The van der Waals surface area contributed by atoms with Gasteiger partial charge >= 0.3 is 6.18 Å². The molecule has 0 aromatic heterocycles. The van der Waals surface area contributed by atoms with E-state index in [4.69, 9.17) is 11.6 Å². The number of halogens is 4. The van der Waals surface area contributed by atoms with Gasteiger partial charge in [-0.1, -0.05) is 43.6 Å². The van der Waals surface area contributed by atoms with Crippen molar-refractivity contribution in [3.8, 4) is 0 Å². The van der Waals surface area contributed by atoms with Gasteiger partial charge in [-0.3, -0.25) is 0 Å². The Bertz CT molecular complexity index is 431. The van der Waals surface area contributed by atoms with E-state index in [1.54, 1.807) is 6.07 Å². The van der Waals surface area contributed by atoms with Crippen LogP contribution in [0, 0.1) is 0 Å². The molecule has 1 aromatic carbocycles. The second-order valence-corrected chi connectivity index (χ2v) is 7.98. The SMILES string of the molecule is C=C[Si](C)CCCCC(Cl)c1ccccc1C(F)(F)F. The fourth-order valence-corrected chi connectivity index (χ4v) is 3.37. The average molecular weight is 320 g/mol. The summed E-state index contributed by atoms with van der Waals surface area (Å²) in [4.78, 5) is 0. The highest BCUT2D eigenvalue weighted by Gasteiger charge is 2.34. The number of hydrogen-bond donors (Lipinski definition) is 0. The molecule has 111 valence electrons. The first kappa shape index (κ1) is 17.3. The molecule has 1 atom stereocenters. The Morgan fingerprint density at radius 3 is 2.55 bits per heavy atom. The summed E-state index contributed by atoms with van der Waals surface area (Å²) in [6, 6.07) is 6.66. The summed E-state index contributed by atoms with van der Waals surface area (Å²) in [6.07, 6.45) is -1.93. The zero-order valence-corrected chi connectivity index (χ0v) is 13.3. The van der Waals surface area contributed by atoms with Crippen LogP contribution in [-0.2, 0) is 6.18 Å². The lowest BCUT2D eigenvalue weighted by molar-refractivity contribution is -0.138. The summed E-state index contributed by atoms with van der Waals surface area (Å²) in [6.45, 7) is 5.93. The fraction of sp³-hybridized carbons (Fsp3) is 0.467. The maximum Gasteiger partial charge on any atom is 0.416 e. The molecule has 1 rings (SSSR count). The van der Waals surface area contributed by atoms with Crippen LogP contribution in [0.25, 0.3) is 0 Å². The van der Waals surface area contributed by atoms with Gasteiger partial charge in [0, 0.05) is 0 Å². The lowest BCUT2D eigenvalue weighted by Gasteiger charge is -2.16. The van der Waals surface area contributed by atoms with E-state index in [0.717, 1.165) is 25.0 Å². The molecule has 0 fully saturated rings. The predicted octanol–water partition coefficient (Wildman–Crippen LogP) is 6.01. The Kier molecular flexibility index (Phi) is 6.82. The van der Waals surface area contributed by atoms with E-state index in [2.05, 4.69) is 13.1 Å². The highest BCUT2D eigenvalue weighted by Crippen LogP contribution is 2.38. The van der Waals surface area contributed by atoms with E-state index in [-0.39, 0.29) is 5.56 Å². The molecule has 0 bridgehead atoms. The lowest BCUT2D eigenvalue weighted by atomic mass is 10.0. The Morgan fingerprint density at radius 1 is 1.30 bits per heavy atom. The third-order valence-corrected chi connectivity index (χ3v) is 5.52. The monoisotopic (exact) mass is 319 g/mol. The van der Waals surface area contributed by atoms with Crippen LogP contribution in [0.4, 0.5) is 13.2 Å². The van der Waals surface area contributed by atoms with Gasteiger partial charge < -0.3 is 0 Å². The van der Waals surface area contributed by atoms with E-state index in [1.165, 1.54) is 12.1 Å². The molecule has 0 saturated heterocycles. The van der Waals surface area contributed by atoms with Gasteiger partial charge in [0.1, 0.15) is 0 Å². The van der Waals surface area contributed by atoms with Crippen molar-refractivity contribution in [2.75, 3.05) is 0 Å². The molecule has 0 N–H and O–H groups in total. The molecule has 0 aliphatic carbocycles. The lowest BCUT2D eigenvalue weighted by Crippen LogP contribution is -2.10. The van der Waals surface area contributed by atoms with Crippen LogP contribution in [0.2, 0.25) is 12.6 Å². The molecule has 0 saturated carbocycles. The summed E-state index contributed by atoms with van der Waals surface area (Å²) >= 11 is 6.15. The van der Waals surface area contributed by atoms with Crippen LogP contribution >= 0.6 is 11.6 Å². The normalized spacial score (nSPS) is 13.5. The van der Waals surface area contributed by atoms with Crippen molar-refractivity contribution >= 4 is 20.4 Å². The maximum absolute atomic E-state index is 12.9. The van der Waals surface area contributed by atoms with E-state index in [0.29, 0.717) is 6.42 Å². The molecule has 1 unspecified atom stereocenters. The van der Waals surface area contributed by atoms with Gasteiger partial charge in [-0.25, -0.2) is 0 Å². The smallest absolute Gasteiger partial charge is 0.166 e. The summed E-state index contributed by atoms with van der Waals surface area (Å²) in [5.41, 5.74) is 1.56. The molecular weight excluding hydrogens is 301 g/mol. The zero-order chi connectivity index (χ0) is 15.2. The minimum absolute atomic E-state index is 0.187. The molecule has 0 heterocycles. The Morgan fingerprint density at radius 2 is 1.95 bits per heavy atom. The largest absolute Gasteiger partial charge is 0.416 e. The van der Waals surface area contributed by atoms with Crippen molar-refractivity contribution in [2.45, 2.75) is 43.4 Å². The summed E-state index contributed by atoms with van der Waals surface area (Å²) in [5.74, 6) is 0. The number of hydrogen-bond acceptors (Lipinski definition) is 0. The van der Waals surface area contributed by atoms with Crippen LogP contribution in [0.5, 0.6) is 0 Å². The van der Waals surface area contributed by atoms with Crippen LogP contribution in [0.3, 0.4) is 0 Å². The van der Waals surface area contributed by atoms with Crippen LogP contribution in [-0.4, -0.2) is 8.80 Å². The van der Waals surface area contributed by atoms with E-state index < -0.39 is 25.9 Å². The quantitative estimate of drug-likeness (QED) is 0.328. The average Bonchev–Trinajstić information content (AvgIpc) is 2.42. The van der Waals surface area contributed by atoms with Gasteiger partial charge in [0.05, 0.1) is 19.7 Å². The second-order valence-electron chi connectivity index (χ2n) is 4.85. The minimum atomic E-state index is -4.34. The van der Waals surface area contributed by atoms with Crippen molar-refractivity contribution in [1.29, 1.82) is 0 Å². The molecule has 0 aliphatic rings. The first-order chi connectivity index (χ1) is 9.36. The fourth-order valence-electron chi connectivity index (χ4n) is 2.01. The summed E-state index contributed by atoms with van der Waals surface area (Å²) in [7, 11) is -0.481. The van der Waals surface area contributed by atoms with Crippen molar-refractivity contribution in [3.05, 3.63) is 47.7 Å². The first-order valence-corrected chi connectivity index (χ1v) is 9.33. The zero-order valence-electron chi connectivity index (χ0n) is 11.5. The standard InChI is InChI=1S/C15H19ClF3Si/c1-3-20(2)11-7-6-10-14(16)12-8-4-5-9-13(12)15(17,18)19/h3-5,8-9,14H,1,6-7,10-11H2,2H3. The molecule has 1 aromatic rings. The van der Waals surface area contributed by atoms with Crippen molar-refractivity contribution in [1.82, 2.24) is 0 Å². The Balaban J connectivity index is 2.60. The highest BCUT2D eigenvalue weighted by atomic mass is 35.5. The van der Waals surface area contributed by atoms with Gasteiger partial charge in [0.25, 0.3) is 0 Å². The molecule has 0 spiro atoms. The van der Waals surface area contributed by atoms with Crippen LogP contribution < -0.4 is 0 Å². The molecule has 0 nitrogen and oxygen atoms in total. The highest BCUT2D eigenvalue weighted by molar-refractivity contribution is 6.62. The third-order valence-electron chi connectivity index (χ3n) is 3.23. The summed E-state index contributed by atoms with van der Waals surface area (Å²) < 4.78 is 38.6. The molecule has 0 amide bonds. The van der Waals surface area contributed by atoms with Crippen LogP contribution in [0.1, 0.15) is 35.8 Å². The number of alkyl halides is 4. The van der Waals surface area contributed by atoms with E-state index >= 15 is 0 Å². The van der Waals surface area contributed by atoms with Crippen LogP contribution in [0.15, 0.2) is 36.5 Å². The number of benzene rings is 1. The third kappa shape index (κ3) is 5.33. The van der Waals surface area contributed by atoms with Gasteiger partial charge in [-0.05, 0) is 18.1 Å². The van der Waals surface area contributed by atoms with Crippen molar-refractivity contribution in [3.63, 3.8) is 0 Å². The van der Waals surface area contributed by atoms with Gasteiger partial charge in [-0.2, -0.15) is 13.2 Å².